The lowest BCUT2D eigenvalue weighted by molar-refractivity contribution is -0.127. The molecule has 2 saturated heterocycles. The van der Waals surface area contributed by atoms with E-state index >= 15 is 0 Å². The van der Waals surface area contributed by atoms with Crippen molar-refractivity contribution in [1.29, 1.82) is 0 Å². The molecular formula is C40H73Cl3N6O9. The molecule has 1 aromatic carbocycles. The zero-order chi connectivity index (χ0) is 40.0. The molecule has 2 aliphatic rings. The number of hydrogen-bond donors (Lipinski definition) is 5. The quantitative estimate of drug-likeness (QED) is 0.0859. The molecule has 1 aromatic rings. The zero-order valence-electron chi connectivity index (χ0n) is 35.2. The molecule has 0 spiro atoms. The van der Waals surface area contributed by atoms with Crippen LogP contribution in [-0.4, -0.2) is 157 Å². The SMILES string of the molecule is COCCCCOc1cc(OCC(=O)NCCN2CCOCC2)ccc1C(=O)NC[C@@H](C[C@H](N)[C@@H](O)C[C@H](C(=O)NCCN1CCOCC1)C(C)C)C(C)C.Cl.Cl.Cl. The molecule has 0 radical (unpaired) electrons. The summed E-state index contributed by atoms with van der Waals surface area (Å²) in [6.07, 6.45) is 1.38. The highest BCUT2D eigenvalue weighted by Gasteiger charge is 2.30. The van der Waals surface area contributed by atoms with Crippen LogP contribution >= 0.6 is 37.2 Å². The number of amides is 3. The maximum Gasteiger partial charge on any atom is 0.257 e. The number of halogens is 3. The average Bonchev–Trinajstić information content (AvgIpc) is 3.17. The number of carbonyl (C=O) groups excluding carboxylic acids is 3. The fourth-order valence-electron chi connectivity index (χ4n) is 6.64. The largest absolute Gasteiger partial charge is 0.493 e. The molecule has 2 heterocycles. The molecule has 2 aliphatic heterocycles. The summed E-state index contributed by atoms with van der Waals surface area (Å²) in [5.74, 6) is -0.0627. The summed E-state index contributed by atoms with van der Waals surface area (Å²) < 4.78 is 27.8. The van der Waals surface area contributed by atoms with Crippen molar-refractivity contribution in [2.45, 2.75) is 65.5 Å². The van der Waals surface area contributed by atoms with Crippen LogP contribution in [0.2, 0.25) is 0 Å². The fourth-order valence-corrected chi connectivity index (χ4v) is 6.64. The van der Waals surface area contributed by atoms with Crippen molar-refractivity contribution in [1.82, 2.24) is 25.8 Å². The van der Waals surface area contributed by atoms with Crippen LogP contribution < -0.4 is 31.2 Å². The molecule has 0 unspecified atom stereocenters. The fraction of sp³-hybridized carbons (Fsp3) is 0.775. The van der Waals surface area contributed by atoms with Crippen LogP contribution in [0, 0.1) is 23.7 Å². The van der Waals surface area contributed by atoms with Gasteiger partial charge in [0.1, 0.15) is 11.5 Å². The number of unbranched alkanes of at least 4 members (excludes halogenated alkanes) is 1. The maximum absolute atomic E-state index is 13.6. The Hall–Kier alpha value is -2.18. The van der Waals surface area contributed by atoms with E-state index in [-0.39, 0.29) is 91.6 Å². The van der Waals surface area contributed by atoms with Crippen molar-refractivity contribution < 1.29 is 43.2 Å². The third-order valence-electron chi connectivity index (χ3n) is 10.4. The second-order valence-electron chi connectivity index (χ2n) is 15.3. The van der Waals surface area contributed by atoms with Crippen LogP contribution in [0.5, 0.6) is 11.5 Å². The number of ether oxygens (including phenoxy) is 5. The number of aliphatic hydroxyl groups is 1. The van der Waals surface area contributed by atoms with Gasteiger partial charge in [0.15, 0.2) is 6.61 Å². The molecule has 3 rings (SSSR count). The average molecular weight is 888 g/mol. The number of hydrogen-bond acceptors (Lipinski definition) is 12. The first kappa shape index (κ1) is 55.8. The van der Waals surface area contributed by atoms with Gasteiger partial charge in [0, 0.05) is 90.6 Å². The normalized spacial score (nSPS) is 16.8. The first-order valence-corrected chi connectivity index (χ1v) is 20.2. The van der Waals surface area contributed by atoms with Gasteiger partial charge in [-0.25, -0.2) is 0 Å². The summed E-state index contributed by atoms with van der Waals surface area (Å²) >= 11 is 0. The molecule has 4 atom stereocenters. The third kappa shape index (κ3) is 21.4. The number of nitrogens with one attached hydrogen (secondary N) is 3. The first-order valence-electron chi connectivity index (χ1n) is 20.2. The molecule has 2 fully saturated rings. The van der Waals surface area contributed by atoms with Crippen molar-refractivity contribution in [3.8, 4) is 11.5 Å². The van der Waals surface area contributed by atoms with E-state index in [1.54, 1.807) is 25.3 Å². The molecular weight excluding hydrogens is 815 g/mol. The minimum Gasteiger partial charge on any atom is -0.493 e. The zero-order valence-corrected chi connectivity index (χ0v) is 37.7. The first-order chi connectivity index (χ1) is 26.5. The smallest absolute Gasteiger partial charge is 0.257 e. The molecule has 58 heavy (non-hydrogen) atoms. The summed E-state index contributed by atoms with van der Waals surface area (Å²) in [6.45, 7) is 18.1. The second kappa shape index (κ2) is 31.7. The highest BCUT2D eigenvalue weighted by molar-refractivity contribution is 5.97. The molecule has 0 aliphatic carbocycles. The van der Waals surface area contributed by atoms with E-state index in [2.05, 4.69) is 39.6 Å². The van der Waals surface area contributed by atoms with E-state index in [0.29, 0.717) is 82.8 Å². The Bertz CT molecular complexity index is 1280. The number of nitrogens with zero attached hydrogens (tertiary/aromatic N) is 2. The lowest BCUT2D eigenvalue weighted by Crippen LogP contribution is -2.45. The predicted octanol–water partition coefficient (Wildman–Crippen LogP) is 2.78. The number of morpholine rings is 2. The van der Waals surface area contributed by atoms with E-state index in [1.165, 1.54) is 0 Å². The van der Waals surface area contributed by atoms with Crippen LogP contribution in [0.4, 0.5) is 0 Å². The van der Waals surface area contributed by atoms with E-state index in [9.17, 15) is 19.5 Å². The number of nitrogens with two attached hydrogens (primary N) is 1. The van der Waals surface area contributed by atoms with Gasteiger partial charge in [0.2, 0.25) is 5.91 Å². The predicted molar refractivity (Wildman–Crippen MR) is 233 cm³/mol. The van der Waals surface area contributed by atoms with Gasteiger partial charge in [0.05, 0.1) is 44.7 Å². The Kier molecular flexibility index (Phi) is 30.5. The molecule has 0 saturated carbocycles. The number of carbonyl (C=O) groups is 3. The Morgan fingerprint density at radius 3 is 1.97 bits per heavy atom. The Morgan fingerprint density at radius 1 is 0.810 bits per heavy atom. The summed E-state index contributed by atoms with van der Waals surface area (Å²) in [7, 11) is 1.65. The van der Waals surface area contributed by atoms with E-state index in [4.69, 9.17) is 29.4 Å². The number of benzene rings is 1. The Balaban J connectivity index is 0.0000108. The molecule has 0 bridgehead atoms. The molecule has 6 N–H and O–H groups in total. The minimum absolute atomic E-state index is 0. The molecule has 15 nitrogen and oxygen atoms in total. The van der Waals surface area contributed by atoms with Gasteiger partial charge < -0.3 is 50.5 Å². The van der Waals surface area contributed by atoms with Crippen molar-refractivity contribution in [2.75, 3.05) is 112 Å². The van der Waals surface area contributed by atoms with Crippen LogP contribution in [-0.2, 0) is 23.8 Å². The van der Waals surface area contributed by atoms with Gasteiger partial charge in [-0.3, -0.25) is 24.2 Å². The summed E-state index contributed by atoms with van der Waals surface area (Å²) in [4.78, 5) is 43.7. The lowest BCUT2D eigenvalue weighted by atomic mass is 9.83. The molecule has 338 valence electrons. The van der Waals surface area contributed by atoms with Crippen LogP contribution in [0.3, 0.4) is 0 Å². The van der Waals surface area contributed by atoms with Gasteiger partial charge in [-0.1, -0.05) is 27.7 Å². The van der Waals surface area contributed by atoms with Gasteiger partial charge in [-0.2, -0.15) is 0 Å². The van der Waals surface area contributed by atoms with Crippen molar-refractivity contribution >= 4 is 54.9 Å². The monoisotopic (exact) mass is 886 g/mol. The molecule has 3 amide bonds. The van der Waals surface area contributed by atoms with Crippen molar-refractivity contribution in [3.05, 3.63) is 23.8 Å². The summed E-state index contributed by atoms with van der Waals surface area (Å²) in [6, 6.07) is 4.36. The van der Waals surface area contributed by atoms with Crippen molar-refractivity contribution in [2.24, 2.45) is 29.4 Å². The number of rotatable bonds is 26. The van der Waals surface area contributed by atoms with Crippen LogP contribution in [0.25, 0.3) is 0 Å². The van der Waals surface area contributed by atoms with Crippen LogP contribution in [0.1, 0.15) is 63.7 Å². The second-order valence-corrected chi connectivity index (χ2v) is 15.3. The van der Waals surface area contributed by atoms with Crippen molar-refractivity contribution in [3.63, 3.8) is 0 Å². The Morgan fingerprint density at radius 2 is 1.40 bits per heavy atom. The molecule has 18 heteroatoms. The third-order valence-corrected chi connectivity index (χ3v) is 10.4. The maximum atomic E-state index is 13.6. The molecule has 0 aromatic heterocycles. The van der Waals surface area contributed by atoms with E-state index in [1.807, 2.05) is 13.8 Å². The summed E-state index contributed by atoms with van der Waals surface area (Å²) in [5.41, 5.74) is 6.92. The minimum atomic E-state index is -0.883. The van der Waals surface area contributed by atoms with E-state index < -0.39 is 12.1 Å². The Labute approximate surface area is 365 Å². The van der Waals surface area contributed by atoms with Crippen LogP contribution in [0.15, 0.2) is 18.2 Å². The van der Waals surface area contributed by atoms with Gasteiger partial charge >= 0.3 is 0 Å². The lowest BCUT2D eigenvalue weighted by Gasteiger charge is -2.30. The number of methoxy groups -OCH3 is 1. The van der Waals surface area contributed by atoms with Gasteiger partial charge in [-0.15, -0.1) is 37.2 Å². The van der Waals surface area contributed by atoms with Gasteiger partial charge in [0.25, 0.3) is 11.8 Å². The standard InChI is InChI=1S/C40H70N6O9.3ClH/c1-29(2)31(24-35(41)36(47)26-34(30(3)4)40(50)43-11-13-46-16-22-53-23-17-46)27-44-39(49)33-9-8-32(25-37(33)54-19-7-6-18-51-5)55-28-38(48)42-10-12-45-14-20-52-21-15-45;;;/h8-9,25,29-31,34-36,47H,6-7,10-24,26-28,41H2,1-5H3,(H,42,48)(H,43,50)(H,44,49);3*1H/t31-,34+,35+,36+;;;/m1.../s1. The van der Waals surface area contributed by atoms with Gasteiger partial charge in [-0.05, 0) is 55.6 Å². The number of aliphatic hydroxyl groups excluding tert-OH is 1. The highest BCUT2D eigenvalue weighted by Crippen LogP contribution is 2.27. The summed E-state index contributed by atoms with van der Waals surface area (Å²) in [5, 5.41) is 20.2. The topological polar surface area (TPSA) is 186 Å². The highest BCUT2D eigenvalue weighted by atomic mass is 35.5. The van der Waals surface area contributed by atoms with E-state index in [0.717, 1.165) is 52.1 Å².